The number of fused-ring (bicyclic) bond motifs is 1. The van der Waals surface area contributed by atoms with Gasteiger partial charge in [-0.15, -0.1) is 0 Å². The van der Waals surface area contributed by atoms with Crippen LogP contribution in [0.2, 0.25) is 0 Å². The molecule has 0 aliphatic carbocycles. The Balaban J connectivity index is 1.47. The molecule has 0 saturated carbocycles. The van der Waals surface area contributed by atoms with Crippen molar-refractivity contribution < 1.29 is 32.3 Å². The van der Waals surface area contributed by atoms with E-state index in [1.807, 2.05) is 0 Å². The summed E-state index contributed by atoms with van der Waals surface area (Å²) in [6, 6.07) is 9.37. The molecule has 192 valence electrons. The Morgan fingerprint density at radius 1 is 1.22 bits per heavy atom. The van der Waals surface area contributed by atoms with Crippen LogP contribution in [0.5, 0.6) is 5.75 Å². The van der Waals surface area contributed by atoms with Gasteiger partial charge in [0.05, 0.1) is 28.7 Å². The first-order valence-electron chi connectivity index (χ1n) is 11.8. The molecular weight excluding hydrogens is 486 g/mol. The Kier molecular flexibility index (Phi) is 7.32. The molecule has 2 aliphatic heterocycles. The lowest BCUT2D eigenvalue weighted by molar-refractivity contribution is -0.123. The SMILES string of the molecule is CCOC(=O)c1ccc(NC(=O)[C@H]2CCCN(S(=O)(=O)c3cc4c(cc3C)NC(=O)[C@@H](C)O4)C2)cc1. The highest BCUT2D eigenvalue weighted by Gasteiger charge is 2.35. The molecule has 2 aromatic carbocycles. The van der Waals surface area contributed by atoms with E-state index in [4.69, 9.17) is 9.47 Å². The number of amides is 2. The largest absolute Gasteiger partial charge is 0.479 e. The lowest BCUT2D eigenvalue weighted by Crippen LogP contribution is -2.44. The summed E-state index contributed by atoms with van der Waals surface area (Å²) in [6.07, 6.45) is 0.353. The normalized spacial score (nSPS) is 20.0. The zero-order chi connectivity index (χ0) is 26.0. The maximum atomic E-state index is 13.5. The monoisotopic (exact) mass is 515 g/mol. The van der Waals surface area contributed by atoms with Gasteiger partial charge in [0, 0.05) is 24.8 Å². The second-order valence-corrected chi connectivity index (χ2v) is 10.8. The van der Waals surface area contributed by atoms with Crippen LogP contribution in [-0.4, -0.2) is 56.3 Å². The highest BCUT2D eigenvalue weighted by molar-refractivity contribution is 7.89. The van der Waals surface area contributed by atoms with Crippen molar-refractivity contribution >= 4 is 39.2 Å². The summed E-state index contributed by atoms with van der Waals surface area (Å²) in [4.78, 5) is 36.7. The summed E-state index contributed by atoms with van der Waals surface area (Å²) in [5, 5.41) is 5.53. The average Bonchev–Trinajstić information content (AvgIpc) is 2.85. The van der Waals surface area contributed by atoms with Crippen LogP contribution in [0.3, 0.4) is 0 Å². The summed E-state index contributed by atoms with van der Waals surface area (Å²) in [6.45, 7) is 5.58. The number of aryl methyl sites for hydroxylation is 1. The first kappa shape index (κ1) is 25.6. The predicted octanol–water partition coefficient (Wildman–Crippen LogP) is 2.93. The van der Waals surface area contributed by atoms with E-state index in [1.54, 1.807) is 51.1 Å². The van der Waals surface area contributed by atoms with Gasteiger partial charge in [0.15, 0.2) is 6.10 Å². The molecule has 0 radical (unpaired) electrons. The standard InChI is InChI=1S/C25H29N3O7S/c1-4-34-25(31)17-7-9-19(10-8-17)26-24(30)18-6-5-11-28(14-18)36(32,33)22-13-21-20(12-15(22)2)27-23(29)16(3)35-21/h7-10,12-13,16,18H,4-6,11,14H2,1-3H3,(H,26,30)(H,27,29)/t16-,18+/m1/s1. The summed E-state index contributed by atoms with van der Waals surface area (Å²) < 4.78 is 38.9. The van der Waals surface area contributed by atoms with Crippen LogP contribution in [0.15, 0.2) is 41.3 Å². The van der Waals surface area contributed by atoms with Gasteiger partial charge < -0.3 is 20.1 Å². The second kappa shape index (κ2) is 10.3. The Morgan fingerprint density at radius 2 is 1.94 bits per heavy atom. The van der Waals surface area contributed by atoms with Crippen molar-refractivity contribution in [2.24, 2.45) is 5.92 Å². The van der Waals surface area contributed by atoms with Crippen molar-refractivity contribution in [3.8, 4) is 5.75 Å². The molecular formula is C25H29N3O7S. The highest BCUT2D eigenvalue weighted by Crippen LogP contribution is 2.36. The van der Waals surface area contributed by atoms with Gasteiger partial charge in [-0.05, 0) is 69.5 Å². The van der Waals surface area contributed by atoms with Crippen molar-refractivity contribution in [1.29, 1.82) is 0 Å². The fourth-order valence-electron chi connectivity index (χ4n) is 4.28. The first-order chi connectivity index (χ1) is 17.1. The molecule has 2 aliphatic rings. The van der Waals surface area contributed by atoms with Crippen LogP contribution < -0.4 is 15.4 Å². The smallest absolute Gasteiger partial charge is 0.338 e. The summed E-state index contributed by atoms with van der Waals surface area (Å²) >= 11 is 0. The number of hydrogen-bond acceptors (Lipinski definition) is 7. The number of nitrogens with one attached hydrogen (secondary N) is 2. The number of hydrogen-bond donors (Lipinski definition) is 2. The van der Waals surface area contributed by atoms with Gasteiger partial charge in [-0.3, -0.25) is 9.59 Å². The van der Waals surface area contributed by atoms with E-state index in [2.05, 4.69) is 10.6 Å². The second-order valence-electron chi connectivity index (χ2n) is 8.85. The molecule has 0 bridgehead atoms. The molecule has 0 unspecified atom stereocenters. The molecule has 2 heterocycles. The summed E-state index contributed by atoms with van der Waals surface area (Å²) in [7, 11) is -3.91. The van der Waals surface area contributed by atoms with E-state index in [-0.39, 0.29) is 29.9 Å². The third-order valence-corrected chi connectivity index (χ3v) is 8.25. The molecule has 0 aromatic heterocycles. The van der Waals surface area contributed by atoms with Crippen LogP contribution in [-0.2, 0) is 24.3 Å². The molecule has 0 spiro atoms. The van der Waals surface area contributed by atoms with Crippen LogP contribution in [0.1, 0.15) is 42.6 Å². The van der Waals surface area contributed by atoms with Crippen LogP contribution >= 0.6 is 0 Å². The van der Waals surface area contributed by atoms with Crippen LogP contribution in [0.4, 0.5) is 11.4 Å². The van der Waals surface area contributed by atoms with E-state index < -0.39 is 28.0 Å². The molecule has 4 rings (SSSR count). The Bertz CT molecular complexity index is 1290. The number of nitrogens with zero attached hydrogens (tertiary/aromatic N) is 1. The molecule has 1 saturated heterocycles. The average molecular weight is 516 g/mol. The van der Waals surface area contributed by atoms with E-state index in [0.29, 0.717) is 47.6 Å². The minimum Gasteiger partial charge on any atom is -0.479 e. The molecule has 10 nitrogen and oxygen atoms in total. The first-order valence-corrected chi connectivity index (χ1v) is 13.2. The highest BCUT2D eigenvalue weighted by atomic mass is 32.2. The zero-order valence-corrected chi connectivity index (χ0v) is 21.2. The lowest BCUT2D eigenvalue weighted by atomic mass is 9.98. The number of rotatable bonds is 6. The topological polar surface area (TPSA) is 131 Å². The number of piperidine rings is 1. The Morgan fingerprint density at radius 3 is 2.64 bits per heavy atom. The number of carbonyl (C=O) groups excluding carboxylic acids is 3. The summed E-state index contributed by atoms with van der Waals surface area (Å²) in [5.41, 5.74) is 1.79. The molecule has 36 heavy (non-hydrogen) atoms. The quantitative estimate of drug-likeness (QED) is 0.566. The van der Waals surface area contributed by atoms with Gasteiger partial charge in [-0.1, -0.05) is 0 Å². The van der Waals surface area contributed by atoms with Gasteiger partial charge in [0.1, 0.15) is 5.75 Å². The maximum absolute atomic E-state index is 13.5. The van der Waals surface area contributed by atoms with E-state index in [0.717, 1.165) is 0 Å². The Labute approximate surface area is 210 Å². The number of ether oxygens (including phenoxy) is 2. The van der Waals surface area contributed by atoms with Gasteiger partial charge in [0.25, 0.3) is 5.91 Å². The third-order valence-electron chi connectivity index (χ3n) is 6.24. The van der Waals surface area contributed by atoms with Crippen molar-refractivity contribution in [2.45, 2.75) is 44.6 Å². The molecule has 2 aromatic rings. The molecule has 1 fully saturated rings. The molecule has 2 N–H and O–H groups in total. The van der Waals surface area contributed by atoms with E-state index in [1.165, 1.54) is 10.4 Å². The molecule has 2 atom stereocenters. The number of carbonyl (C=O) groups is 3. The predicted molar refractivity (Wildman–Crippen MR) is 132 cm³/mol. The summed E-state index contributed by atoms with van der Waals surface area (Å²) in [5.74, 6) is -1.27. The maximum Gasteiger partial charge on any atom is 0.338 e. The van der Waals surface area contributed by atoms with Gasteiger partial charge in [-0.2, -0.15) is 4.31 Å². The van der Waals surface area contributed by atoms with E-state index >= 15 is 0 Å². The molecule has 11 heteroatoms. The zero-order valence-electron chi connectivity index (χ0n) is 20.4. The van der Waals surface area contributed by atoms with E-state index in [9.17, 15) is 22.8 Å². The van der Waals surface area contributed by atoms with Crippen molar-refractivity contribution in [3.63, 3.8) is 0 Å². The van der Waals surface area contributed by atoms with Gasteiger partial charge >= 0.3 is 5.97 Å². The van der Waals surface area contributed by atoms with Crippen molar-refractivity contribution in [1.82, 2.24) is 4.31 Å². The fourth-order valence-corrected chi connectivity index (χ4v) is 6.03. The third kappa shape index (κ3) is 5.21. The van der Waals surface area contributed by atoms with Crippen LogP contribution in [0.25, 0.3) is 0 Å². The minimum absolute atomic E-state index is 0.0413. The van der Waals surface area contributed by atoms with Gasteiger partial charge in [0.2, 0.25) is 15.9 Å². The number of benzene rings is 2. The molecule has 2 amide bonds. The van der Waals surface area contributed by atoms with Gasteiger partial charge in [-0.25, -0.2) is 13.2 Å². The van der Waals surface area contributed by atoms with Crippen molar-refractivity contribution in [2.75, 3.05) is 30.3 Å². The fraction of sp³-hybridized carbons (Fsp3) is 0.400. The number of esters is 1. The Hall–Kier alpha value is -3.44. The number of sulfonamides is 1. The lowest BCUT2D eigenvalue weighted by Gasteiger charge is -2.32. The number of anilines is 2. The minimum atomic E-state index is -3.91. The van der Waals surface area contributed by atoms with Crippen LogP contribution in [0, 0.1) is 12.8 Å². The van der Waals surface area contributed by atoms with Crippen molar-refractivity contribution in [3.05, 3.63) is 47.5 Å².